The summed E-state index contributed by atoms with van der Waals surface area (Å²) in [6.07, 6.45) is 0. The molecule has 0 aliphatic rings. The third-order valence-electron chi connectivity index (χ3n) is 2.57. The van der Waals surface area contributed by atoms with Crippen LogP contribution in [0.5, 0.6) is 0 Å². The first-order valence-electron chi connectivity index (χ1n) is 5.55. The topological polar surface area (TPSA) is 38.3 Å². The molecule has 0 saturated carbocycles. The molecular weight excluding hydrogens is 352 g/mol. The lowest BCUT2D eigenvalue weighted by Gasteiger charge is -2.09. The summed E-state index contributed by atoms with van der Waals surface area (Å²) in [6, 6.07) is 3.66. The normalized spacial score (nSPS) is 10.4. The Hall–Kier alpha value is -1.47. The number of carbonyl (C=O) groups excluding carboxylic acids is 1. The second-order valence-corrected chi connectivity index (χ2v) is 6.21. The Morgan fingerprint density at radius 2 is 2.10 bits per heavy atom. The minimum Gasteiger partial charge on any atom is -0.465 e. The van der Waals surface area contributed by atoms with Gasteiger partial charge in [-0.1, -0.05) is 0 Å². The van der Waals surface area contributed by atoms with Crippen molar-refractivity contribution in [3.8, 4) is 0 Å². The van der Waals surface area contributed by atoms with Crippen molar-refractivity contribution in [1.82, 2.24) is 0 Å². The minimum atomic E-state index is -0.946. The summed E-state index contributed by atoms with van der Waals surface area (Å²) in [5.41, 5.74) is 0.697. The van der Waals surface area contributed by atoms with Crippen LogP contribution in [-0.4, -0.2) is 13.1 Å². The van der Waals surface area contributed by atoms with Crippen LogP contribution in [0.15, 0.2) is 27.4 Å². The summed E-state index contributed by atoms with van der Waals surface area (Å²) < 4.78 is 32.5. The number of carbonyl (C=O) groups is 1. The molecule has 0 saturated heterocycles. The number of nitrogens with one attached hydrogen (secondary N) is 1. The van der Waals surface area contributed by atoms with Gasteiger partial charge in [0, 0.05) is 12.6 Å². The number of esters is 1. The second-order valence-electron chi connectivity index (χ2n) is 3.92. The monoisotopic (exact) mass is 361 g/mol. The number of methoxy groups -OCH3 is 1. The number of rotatable bonds is 4. The number of anilines is 1. The number of ether oxygens (including phenoxy) is 1. The first kappa shape index (κ1) is 14.9. The van der Waals surface area contributed by atoms with E-state index in [1.165, 1.54) is 11.3 Å². The van der Waals surface area contributed by atoms with Gasteiger partial charge < -0.3 is 10.1 Å². The lowest BCUT2D eigenvalue weighted by atomic mass is 10.1. The highest BCUT2D eigenvalue weighted by molar-refractivity contribution is 9.11. The maximum atomic E-state index is 13.6. The standard InChI is InChI=1S/C13H10BrF2NO2S/c1-19-13(18)8-3-11(10(16)4-9(8)15)17-5-7-2-12(14)20-6-7/h2-4,6,17H,5H2,1H3. The van der Waals surface area contributed by atoms with E-state index in [2.05, 4.69) is 26.0 Å². The summed E-state index contributed by atoms with van der Waals surface area (Å²) in [5, 5.41) is 4.73. The van der Waals surface area contributed by atoms with Crippen LogP contribution in [0.25, 0.3) is 0 Å². The van der Waals surface area contributed by atoms with Crippen LogP contribution >= 0.6 is 27.3 Å². The zero-order valence-electron chi connectivity index (χ0n) is 10.4. The third-order valence-corrected chi connectivity index (χ3v) is 4.12. The molecule has 106 valence electrons. The average molecular weight is 362 g/mol. The molecule has 1 N–H and O–H groups in total. The van der Waals surface area contributed by atoms with E-state index in [1.54, 1.807) is 0 Å². The molecule has 3 nitrogen and oxygen atoms in total. The zero-order chi connectivity index (χ0) is 14.7. The number of benzene rings is 1. The quantitative estimate of drug-likeness (QED) is 0.829. The highest BCUT2D eigenvalue weighted by atomic mass is 79.9. The summed E-state index contributed by atoms with van der Waals surface area (Å²) >= 11 is 4.83. The highest BCUT2D eigenvalue weighted by Crippen LogP contribution is 2.24. The first-order chi connectivity index (χ1) is 9.51. The van der Waals surface area contributed by atoms with Crippen LogP contribution in [0.3, 0.4) is 0 Å². The fourth-order valence-corrected chi connectivity index (χ4v) is 2.80. The molecule has 0 atom stereocenters. The smallest absolute Gasteiger partial charge is 0.340 e. The van der Waals surface area contributed by atoms with Crippen molar-refractivity contribution in [2.75, 3.05) is 12.4 Å². The SMILES string of the molecule is COC(=O)c1cc(NCc2csc(Br)c2)c(F)cc1F. The van der Waals surface area contributed by atoms with Crippen molar-refractivity contribution in [2.24, 2.45) is 0 Å². The number of hydrogen-bond donors (Lipinski definition) is 1. The number of halogens is 3. The minimum absolute atomic E-state index is 0.0501. The molecule has 2 aromatic rings. The van der Waals surface area contributed by atoms with E-state index in [9.17, 15) is 13.6 Å². The van der Waals surface area contributed by atoms with Gasteiger partial charge >= 0.3 is 5.97 Å². The Morgan fingerprint density at radius 3 is 2.70 bits per heavy atom. The fraction of sp³-hybridized carbons (Fsp3) is 0.154. The van der Waals surface area contributed by atoms with Gasteiger partial charge in [-0.15, -0.1) is 11.3 Å². The Kier molecular flexibility index (Phi) is 4.72. The molecule has 1 heterocycles. The van der Waals surface area contributed by atoms with E-state index in [0.717, 1.165) is 22.5 Å². The Bertz CT molecular complexity index is 645. The maximum absolute atomic E-state index is 13.6. The summed E-state index contributed by atoms with van der Waals surface area (Å²) in [4.78, 5) is 11.4. The van der Waals surface area contributed by atoms with E-state index >= 15 is 0 Å². The van der Waals surface area contributed by atoms with E-state index < -0.39 is 17.6 Å². The van der Waals surface area contributed by atoms with Gasteiger partial charge in [0.2, 0.25) is 0 Å². The average Bonchev–Trinajstić information content (AvgIpc) is 2.83. The molecule has 0 radical (unpaired) electrons. The van der Waals surface area contributed by atoms with Gasteiger partial charge in [0.05, 0.1) is 22.1 Å². The highest BCUT2D eigenvalue weighted by Gasteiger charge is 2.16. The summed E-state index contributed by atoms with van der Waals surface area (Å²) in [5.74, 6) is -2.55. The second kappa shape index (κ2) is 6.32. The number of thiophene rings is 1. The van der Waals surface area contributed by atoms with Crippen molar-refractivity contribution >= 4 is 38.9 Å². The van der Waals surface area contributed by atoms with Gasteiger partial charge in [0.25, 0.3) is 0 Å². The Balaban J connectivity index is 2.20. The van der Waals surface area contributed by atoms with Gasteiger partial charge in [-0.3, -0.25) is 0 Å². The fourth-order valence-electron chi connectivity index (χ4n) is 1.59. The summed E-state index contributed by atoms with van der Waals surface area (Å²) in [6.45, 7) is 0.366. The Morgan fingerprint density at radius 1 is 1.35 bits per heavy atom. The van der Waals surface area contributed by atoms with E-state index in [0.29, 0.717) is 12.6 Å². The van der Waals surface area contributed by atoms with E-state index in [4.69, 9.17) is 0 Å². The van der Waals surface area contributed by atoms with Gasteiger partial charge in [0.1, 0.15) is 11.6 Å². The van der Waals surface area contributed by atoms with Crippen LogP contribution in [0.1, 0.15) is 15.9 Å². The molecular formula is C13H10BrF2NO2S. The third kappa shape index (κ3) is 3.34. The van der Waals surface area contributed by atoms with E-state index in [1.807, 2.05) is 11.4 Å². The lowest BCUT2D eigenvalue weighted by molar-refractivity contribution is 0.0595. The predicted octanol–water partition coefficient (Wildman–Crippen LogP) is 4.19. The van der Waals surface area contributed by atoms with Gasteiger partial charge in [-0.25, -0.2) is 13.6 Å². The molecule has 0 aliphatic heterocycles. The zero-order valence-corrected chi connectivity index (χ0v) is 12.8. The van der Waals surface area contributed by atoms with Crippen LogP contribution in [0.2, 0.25) is 0 Å². The van der Waals surface area contributed by atoms with Gasteiger partial charge in [-0.05, 0) is 39.0 Å². The lowest BCUT2D eigenvalue weighted by Crippen LogP contribution is -2.08. The van der Waals surface area contributed by atoms with Crippen LogP contribution < -0.4 is 5.32 Å². The molecule has 20 heavy (non-hydrogen) atoms. The van der Waals surface area contributed by atoms with Gasteiger partial charge in [-0.2, -0.15) is 0 Å². The maximum Gasteiger partial charge on any atom is 0.340 e. The van der Waals surface area contributed by atoms with Crippen LogP contribution in [-0.2, 0) is 11.3 Å². The van der Waals surface area contributed by atoms with Crippen molar-refractivity contribution in [2.45, 2.75) is 6.54 Å². The van der Waals surface area contributed by atoms with Crippen LogP contribution in [0.4, 0.5) is 14.5 Å². The number of hydrogen-bond acceptors (Lipinski definition) is 4. The van der Waals surface area contributed by atoms with Crippen molar-refractivity contribution in [3.63, 3.8) is 0 Å². The van der Waals surface area contributed by atoms with Crippen molar-refractivity contribution in [1.29, 1.82) is 0 Å². The van der Waals surface area contributed by atoms with Crippen molar-refractivity contribution < 1.29 is 18.3 Å². The molecule has 0 aliphatic carbocycles. The predicted molar refractivity (Wildman–Crippen MR) is 77.0 cm³/mol. The molecule has 2 rings (SSSR count). The molecule has 1 aromatic carbocycles. The first-order valence-corrected chi connectivity index (χ1v) is 7.22. The largest absolute Gasteiger partial charge is 0.465 e. The molecule has 0 unspecified atom stereocenters. The van der Waals surface area contributed by atoms with Crippen LogP contribution in [0, 0.1) is 11.6 Å². The summed E-state index contributed by atoms with van der Waals surface area (Å²) in [7, 11) is 1.14. The molecule has 0 bridgehead atoms. The van der Waals surface area contributed by atoms with Crippen molar-refractivity contribution in [3.05, 3.63) is 50.1 Å². The Labute approximate surface area is 126 Å². The van der Waals surface area contributed by atoms with Gasteiger partial charge in [0.15, 0.2) is 0 Å². The molecule has 1 aromatic heterocycles. The molecule has 0 spiro atoms. The van der Waals surface area contributed by atoms with E-state index in [-0.39, 0.29) is 11.3 Å². The molecule has 0 amide bonds. The molecule has 7 heteroatoms. The molecule has 0 fully saturated rings.